The summed E-state index contributed by atoms with van der Waals surface area (Å²) in [7, 11) is 0. The van der Waals surface area contributed by atoms with E-state index in [-0.39, 0.29) is 6.04 Å². The summed E-state index contributed by atoms with van der Waals surface area (Å²) in [6, 6.07) is 6.01. The number of nitrogens with two attached hydrogens (primary N) is 1. The summed E-state index contributed by atoms with van der Waals surface area (Å²) >= 11 is 3.52. The number of anilines is 1. The van der Waals surface area contributed by atoms with E-state index >= 15 is 0 Å². The molecule has 1 aromatic heterocycles. The molecule has 1 heterocycles. The quantitative estimate of drug-likeness (QED) is 0.796. The van der Waals surface area contributed by atoms with Crippen molar-refractivity contribution < 1.29 is 0 Å². The van der Waals surface area contributed by atoms with E-state index in [1.165, 1.54) is 12.8 Å². The van der Waals surface area contributed by atoms with Gasteiger partial charge in [-0.3, -0.25) is 0 Å². The van der Waals surface area contributed by atoms with Crippen molar-refractivity contribution in [1.29, 1.82) is 0 Å². The van der Waals surface area contributed by atoms with Gasteiger partial charge in [0.25, 0.3) is 0 Å². The molecule has 114 valence electrons. The molecule has 2 rings (SSSR count). The fraction of sp³-hybridized carbons (Fsp3) is 0.533. The predicted molar refractivity (Wildman–Crippen MR) is 88.8 cm³/mol. The normalized spacial score (nSPS) is 12.8. The summed E-state index contributed by atoms with van der Waals surface area (Å²) in [5.74, 6) is 1.49. The third kappa shape index (κ3) is 3.81. The molecule has 1 atom stereocenters. The van der Waals surface area contributed by atoms with Gasteiger partial charge in [-0.25, -0.2) is 4.68 Å². The molecule has 2 aromatic rings. The number of benzene rings is 1. The van der Waals surface area contributed by atoms with Crippen molar-refractivity contribution in [2.45, 2.75) is 46.1 Å². The van der Waals surface area contributed by atoms with Gasteiger partial charge in [-0.05, 0) is 57.8 Å². The molecular formula is C15H22BrN5. The first-order valence-electron chi connectivity index (χ1n) is 7.33. The molecule has 0 amide bonds. The van der Waals surface area contributed by atoms with E-state index in [1.54, 1.807) is 0 Å². The highest BCUT2D eigenvalue weighted by Crippen LogP contribution is 2.32. The minimum Gasteiger partial charge on any atom is -0.398 e. The zero-order valence-corrected chi connectivity index (χ0v) is 14.3. The number of aromatic nitrogens is 4. The number of hydrogen-bond acceptors (Lipinski definition) is 4. The SMILES string of the molecule is CC(C)CCCC(C)n1nnnc1-c1cccc(N)c1Br. The third-order valence-electron chi connectivity index (χ3n) is 3.58. The molecule has 0 bridgehead atoms. The summed E-state index contributed by atoms with van der Waals surface area (Å²) in [5.41, 5.74) is 7.56. The van der Waals surface area contributed by atoms with Crippen LogP contribution in [0.5, 0.6) is 0 Å². The fourth-order valence-corrected chi connectivity index (χ4v) is 2.78. The van der Waals surface area contributed by atoms with Gasteiger partial charge in [0.15, 0.2) is 5.82 Å². The maximum atomic E-state index is 5.94. The van der Waals surface area contributed by atoms with Gasteiger partial charge in [-0.15, -0.1) is 5.10 Å². The summed E-state index contributed by atoms with van der Waals surface area (Å²) in [4.78, 5) is 0. The molecule has 0 aliphatic heterocycles. The molecule has 21 heavy (non-hydrogen) atoms. The van der Waals surface area contributed by atoms with Crippen LogP contribution in [0.3, 0.4) is 0 Å². The summed E-state index contributed by atoms with van der Waals surface area (Å²) in [5, 5.41) is 12.2. The highest BCUT2D eigenvalue weighted by atomic mass is 79.9. The first-order valence-corrected chi connectivity index (χ1v) is 8.12. The maximum Gasteiger partial charge on any atom is 0.183 e. The van der Waals surface area contributed by atoms with Gasteiger partial charge in [-0.2, -0.15) is 0 Å². The van der Waals surface area contributed by atoms with E-state index in [2.05, 4.69) is 52.2 Å². The van der Waals surface area contributed by atoms with Crippen molar-refractivity contribution in [2.24, 2.45) is 5.92 Å². The molecule has 0 spiro atoms. The standard InChI is InChI=1S/C15H22BrN5/c1-10(2)6-4-7-11(3)21-15(18-19-20-21)12-8-5-9-13(17)14(12)16/h5,8-11H,4,6-7,17H2,1-3H3. The average molecular weight is 352 g/mol. The lowest BCUT2D eigenvalue weighted by molar-refractivity contribution is 0.414. The number of nitrogens with zero attached hydrogens (tertiary/aromatic N) is 4. The Morgan fingerprint density at radius 2 is 2.00 bits per heavy atom. The monoisotopic (exact) mass is 351 g/mol. The largest absolute Gasteiger partial charge is 0.398 e. The first-order chi connectivity index (χ1) is 10.0. The Hall–Kier alpha value is -1.43. The lowest BCUT2D eigenvalue weighted by Crippen LogP contribution is -2.10. The van der Waals surface area contributed by atoms with Crippen LogP contribution in [-0.4, -0.2) is 20.2 Å². The van der Waals surface area contributed by atoms with Crippen LogP contribution in [0.25, 0.3) is 11.4 Å². The Balaban J connectivity index is 2.20. The van der Waals surface area contributed by atoms with Gasteiger partial charge < -0.3 is 5.73 Å². The van der Waals surface area contributed by atoms with Gasteiger partial charge in [0.05, 0.1) is 10.5 Å². The Morgan fingerprint density at radius 1 is 1.24 bits per heavy atom. The van der Waals surface area contributed by atoms with Crippen LogP contribution in [0.2, 0.25) is 0 Å². The van der Waals surface area contributed by atoms with E-state index in [0.29, 0.717) is 5.69 Å². The molecule has 0 saturated heterocycles. The number of halogens is 1. The van der Waals surface area contributed by atoms with Crippen LogP contribution < -0.4 is 5.73 Å². The van der Waals surface area contributed by atoms with Gasteiger partial charge in [0.2, 0.25) is 0 Å². The van der Waals surface area contributed by atoms with E-state index in [4.69, 9.17) is 5.73 Å². The molecular weight excluding hydrogens is 330 g/mol. The highest BCUT2D eigenvalue weighted by molar-refractivity contribution is 9.10. The topological polar surface area (TPSA) is 69.6 Å². The zero-order chi connectivity index (χ0) is 15.4. The van der Waals surface area contributed by atoms with E-state index in [0.717, 1.165) is 28.2 Å². The predicted octanol–water partition coefficient (Wildman–Crippen LogP) is 4.07. The van der Waals surface area contributed by atoms with Crippen LogP contribution in [0.15, 0.2) is 22.7 Å². The molecule has 6 heteroatoms. The Labute approximate surface area is 134 Å². The number of tetrazole rings is 1. The second-order valence-electron chi connectivity index (χ2n) is 5.83. The van der Waals surface area contributed by atoms with Crippen LogP contribution in [0.4, 0.5) is 5.69 Å². The van der Waals surface area contributed by atoms with Crippen LogP contribution in [0.1, 0.15) is 46.1 Å². The molecule has 1 unspecified atom stereocenters. The van der Waals surface area contributed by atoms with Gasteiger partial charge in [-0.1, -0.05) is 32.8 Å². The van der Waals surface area contributed by atoms with Gasteiger partial charge in [0, 0.05) is 11.3 Å². The molecule has 2 N–H and O–H groups in total. The molecule has 0 aliphatic carbocycles. The molecule has 0 fully saturated rings. The lowest BCUT2D eigenvalue weighted by atomic mass is 10.0. The highest BCUT2D eigenvalue weighted by Gasteiger charge is 2.17. The lowest BCUT2D eigenvalue weighted by Gasteiger charge is -2.15. The van der Waals surface area contributed by atoms with Crippen LogP contribution in [0, 0.1) is 5.92 Å². The van der Waals surface area contributed by atoms with Crippen molar-refractivity contribution in [1.82, 2.24) is 20.2 Å². The van der Waals surface area contributed by atoms with Crippen LogP contribution in [-0.2, 0) is 0 Å². The molecule has 0 aliphatic rings. The number of hydrogen-bond donors (Lipinski definition) is 1. The fourth-order valence-electron chi connectivity index (χ4n) is 2.33. The Morgan fingerprint density at radius 3 is 2.71 bits per heavy atom. The molecule has 0 saturated carbocycles. The summed E-state index contributed by atoms with van der Waals surface area (Å²) < 4.78 is 2.73. The maximum absolute atomic E-state index is 5.94. The van der Waals surface area contributed by atoms with Crippen molar-refractivity contribution in [3.05, 3.63) is 22.7 Å². The van der Waals surface area contributed by atoms with Crippen LogP contribution >= 0.6 is 15.9 Å². The third-order valence-corrected chi connectivity index (χ3v) is 4.47. The van der Waals surface area contributed by atoms with Crippen molar-refractivity contribution in [2.75, 3.05) is 5.73 Å². The summed E-state index contributed by atoms with van der Waals surface area (Å²) in [6.07, 6.45) is 3.47. The average Bonchev–Trinajstić information content (AvgIpc) is 2.90. The summed E-state index contributed by atoms with van der Waals surface area (Å²) in [6.45, 7) is 6.65. The van der Waals surface area contributed by atoms with E-state index in [9.17, 15) is 0 Å². The molecule has 1 aromatic carbocycles. The minimum absolute atomic E-state index is 0.266. The smallest absolute Gasteiger partial charge is 0.183 e. The van der Waals surface area contributed by atoms with Crippen molar-refractivity contribution in [3.8, 4) is 11.4 Å². The Bertz CT molecular complexity index is 593. The number of nitrogen functional groups attached to an aromatic ring is 1. The minimum atomic E-state index is 0.266. The van der Waals surface area contributed by atoms with E-state index in [1.807, 2.05) is 22.9 Å². The first kappa shape index (κ1) is 15.9. The van der Waals surface area contributed by atoms with Crippen molar-refractivity contribution in [3.63, 3.8) is 0 Å². The van der Waals surface area contributed by atoms with Gasteiger partial charge in [0.1, 0.15) is 0 Å². The molecule has 5 nitrogen and oxygen atoms in total. The van der Waals surface area contributed by atoms with Gasteiger partial charge >= 0.3 is 0 Å². The Kier molecular flexibility index (Phi) is 5.33. The second kappa shape index (κ2) is 7.02. The zero-order valence-electron chi connectivity index (χ0n) is 12.8. The van der Waals surface area contributed by atoms with Crippen molar-refractivity contribution >= 4 is 21.6 Å². The van der Waals surface area contributed by atoms with E-state index < -0.39 is 0 Å². The second-order valence-corrected chi connectivity index (χ2v) is 6.62. The molecule has 0 radical (unpaired) electrons. The number of rotatable bonds is 6.